The molecule has 4 N–H and O–H groups in total. The van der Waals surface area contributed by atoms with Gasteiger partial charge in [0.25, 0.3) is 5.56 Å². The van der Waals surface area contributed by atoms with Crippen molar-refractivity contribution in [1.29, 1.82) is 0 Å². The summed E-state index contributed by atoms with van der Waals surface area (Å²) in [7, 11) is 1.46. The van der Waals surface area contributed by atoms with Crippen molar-refractivity contribution >= 4 is 17.7 Å². The fourth-order valence-corrected chi connectivity index (χ4v) is 3.44. The Morgan fingerprint density at radius 1 is 1.15 bits per heavy atom. The van der Waals surface area contributed by atoms with E-state index in [0.717, 1.165) is 16.7 Å². The van der Waals surface area contributed by atoms with Gasteiger partial charge in [0, 0.05) is 13.2 Å². The number of carboxylic acid groups (broad SMARTS) is 1. The molecule has 0 unspecified atom stereocenters. The summed E-state index contributed by atoms with van der Waals surface area (Å²) in [5.41, 5.74) is 2.13. The molecule has 2 amide bonds. The van der Waals surface area contributed by atoms with E-state index < -0.39 is 35.8 Å². The van der Waals surface area contributed by atoms with Gasteiger partial charge in [-0.3, -0.25) is 9.59 Å². The van der Waals surface area contributed by atoms with Gasteiger partial charge in [-0.1, -0.05) is 30.3 Å². The van der Waals surface area contributed by atoms with E-state index in [2.05, 4.69) is 10.6 Å². The number of carbonyl (C=O) groups excluding carboxylic acids is 1. The van der Waals surface area contributed by atoms with Crippen molar-refractivity contribution in [3.63, 3.8) is 0 Å². The lowest BCUT2D eigenvalue weighted by Gasteiger charge is -2.19. The molecule has 0 saturated carbocycles. The van der Waals surface area contributed by atoms with Crippen molar-refractivity contribution in [2.45, 2.75) is 25.8 Å². The van der Waals surface area contributed by atoms with Gasteiger partial charge in [0.1, 0.15) is 11.6 Å². The highest BCUT2D eigenvalue weighted by molar-refractivity contribution is 5.91. The predicted octanol–water partition coefficient (Wildman–Crippen LogP) is 3.47. The Hall–Kier alpha value is -4.14. The summed E-state index contributed by atoms with van der Waals surface area (Å²) in [4.78, 5) is 36.1. The number of halogens is 1. The Kier molecular flexibility index (Phi) is 7.12. The van der Waals surface area contributed by atoms with E-state index in [1.807, 2.05) is 13.0 Å². The van der Waals surface area contributed by atoms with Crippen LogP contribution in [0.1, 0.15) is 34.7 Å². The second kappa shape index (κ2) is 9.99. The molecule has 0 aliphatic carbocycles. The first-order chi connectivity index (χ1) is 15.6. The summed E-state index contributed by atoms with van der Waals surface area (Å²) in [6, 6.07) is 11.0. The lowest BCUT2D eigenvalue weighted by molar-refractivity contribution is -0.137. The summed E-state index contributed by atoms with van der Waals surface area (Å²) in [6.07, 6.45) is 1.37. The van der Waals surface area contributed by atoms with E-state index in [4.69, 9.17) is 0 Å². The van der Waals surface area contributed by atoms with E-state index in [0.29, 0.717) is 12.0 Å². The number of pyridine rings is 1. The molecule has 2 aromatic carbocycles. The number of aromatic nitrogens is 1. The van der Waals surface area contributed by atoms with Gasteiger partial charge < -0.3 is 25.4 Å². The quantitative estimate of drug-likeness (QED) is 0.437. The topological polar surface area (TPSA) is 121 Å². The highest BCUT2D eigenvalue weighted by atomic mass is 19.1. The van der Waals surface area contributed by atoms with Crippen LogP contribution in [0.15, 0.2) is 59.5 Å². The number of nitrogens with zero attached hydrogens (tertiary/aromatic N) is 1. The van der Waals surface area contributed by atoms with Crippen molar-refractivity contribution in [2.75, 3.05) is 5.32 Å². The molecule has 0 saturated heterocycles. The highest BCUT2D eigenvalue weighted by Gasteiger charge is 2.20. The van der Waals surface area contributed by atoms with Gasteiger partial charge in [-0.05, 0) is 53.8 Å². The Balaban J connectivity index is 1.83. The Morgan fingerprint density at radius 2 is 1.91 bits per heavy atom. The summed E-state index contributed by atoms with van der Waals surface area (Å²) >= 11 is 0. The third-order valence-corrected chi connectivity index (χ3v) is 5.23. The summed E-state index contributed by atoms with van der Waals surface area (Å²) in [5, 5.41) is 24.1. The number of carbonyl (C=O) groups is 2. The summed E-state index contributed by atoms with van der Waals surface area (Å²) < 4.78 is 14.8. The first-order valence-corrected chi connectivity index (χ1v) is 10.2. The fourth-order valence-electron chi connectivity index (χ4n) is 3.44. The van der Waals surface area contributed by atoms with Crippen LogP contribution < -0.4 is 16.2 Å². The number of urea groups is 1. The zero-order valence-electron chi connectivity index (χ0n) is 18.1. The maximum Gasteiger partial charge on any atom is 0.319 e. The van der Waals surface area contributed by atoms with Crippen molar-refractivity contribution in [1.82, 2.24) is 9.88 Å². The molecule has 0 spiro atoms. The molecule has 9 heteroatoms. The van der Waals surface area contributed by atoms with Gasteiger partial charge >= 0.3 is 12.0 Å². The third-order valence-electron chi connectivity index (χ3n) is 5.23. The number of amides is 2. The highest BCUT2D eigenvalue weighted by Crippen LogP contribution is 2.22. The van der Waals surface area contributed by atoms with Crippen LogP contribution in [-0.4, -0.2) is 26.8 Å². The SMILES string of the molecule is Cc1ccc(F)cc1Cc1cccc([C@H](CC(=O)O)NC(=O)Nc2c(O)ccn(C)c2=O)c1. The van der Waals surface area contributed by atoms with E-state index in [9.17, 15) is 29.0 Å². The number of carboxylic acids is 1. The van der Waals surface area contributed by atoms with Crippen molar-refractivity contribution in [3.8, 4) is 5.75 Å². The smallest absolute Gasteiger partial charge is 0.319 e. The second-order valence-electron chi connectivity index (χ2n) is 7.73. The van der Waals surface area contributed by atoms with Gasteiger partial charge in [0.2, 0.25) is 0 Å². The van der Waals surface area contributed by atoms with Crippen molar-refractivity contribution in [2.24, 2.45) is 7.05 Å². The van der Waals surface area contributed by atoms with Gasteiger partial charge in [0.15, 0.2) is 5.69 Å². The van der Waals surface area contributed by atoms with Crippen LogP contribution in [0.25, 0.3) is 0 Å². The van der Waals surface area contributed by atoms with E-state index in [-0.39, 0.29) is 11.5 Å². The molecule has 0 aliphatic rings. The summed E-state index contributed by atoms with van der Waals surface area (Å²) in [5.74, 6) is -1.88. The van der Waals surface area contributed by atoms with Gasteiger partial charge in [-0.15, -0.1) is 0 Å². The Bertz CT molecular complexity index is 1260. The minimum absolute atomic E-state index is 0.318. The van der Waals surface area contributed by atoms with Gasteiger partial charge in [-0.2, -0.15) is 0 Å². The molecule has 0 bridgehead atoms. The molecular weight excluding hydrogens is 429 g/mol. The second-order valence-corrected chi connectivity index (χ2v) is 7.73. The molecule has 0 radical (unpaired) electrons. The Morgan fingerprint density at radius 3 is 2.64 bits per heavy atom. The van der Waals surface area contributed by atoms with Gasteiger partial charge in [0.05, 0.1) is 12.5 Å². The van der Waals surface area contributed by atoms with Crippen LogP contribution in [0.2, 0.25) is 0 Å². The predicted molar refractivity (Wildman–Crippen MR) is 121 cm³/mol. The van der Waals surface area contributed by atoms with Gasteiger partial charge in [-0.25, -0.2) is 9.18 Å². The van der Waals surface area contributed by atoms with Crippen LogP contribution in [0.4, 0.5) is 14.9 Å². The first kappa shape index (κ1) is 23.5. The average molecular weight is 453 g/mol. The van der Waals surface area contributed by atoms with Crippen LogP contribution in [-0.2, 0) is 18.3 Å². The average Bonchev–Trinajstić information content (AvgIpc) is 2.76. The molecule has 33 heavy (non-hydrogen) atoms. The molecule has 1 aromatic heterocycles. The number of rotatable bonds is 7. The van der Waals surface area contributed by atoms with Crippen LogP contribution >= 0.6 is 0 Å². The molecule has 1 heterocycles. The van der Waals surface area contributed by atoms with Crippen LogP contribution in [0, 0.1) is 12.7 Å². The lowest BCUT2D eigenvalue weighted by atomic mass is 9.96. The maximum atomic E-state index is 13.6. The van der Waals surface area contributed by atoms with Crippen molar-refractivity contribution in [3.05, 3.63) is 93.2 Å². The minimum Gasteiger partial charge on any atom is -0.505 e. The zero-order valence-corrected chi connectivity index (χ0v) is 18.1. The minimum atomic E-state index is -1.13. The molecular formula is C24H24FN3O5. The molecule has 1 atom stereocenters. The van der Waals surface area contributed by atoms with Crippen molar-refractivity contribution < 1.29 is 24.2 Å². The monoisotopic (exact) mass is 453 g/mol. The molecule has 8 nitrogen and oxygen atoms in total. The Labute approximate surface area is 189 Å². The van der Waals surface area contributed by atoms with E-state index in [1.54, 1.807) is 24.3 Å². The number of benzene rings is 2. The number of hydrogen-bond donors (Lipinski definition) is 4. The number of anilines is 1. The summed E-state index contributed by atoms with van der Waals surface area (Å²) in [6.45, 7) is 1.88. The first-order valence-electron chi connectivity index (χ1n) is 10.2. The standard InChI is InChI=1S/C24H24FN3O5/c1-14-6-7-18(25)12-17(14)11-15-4-3-5-16(10-15)19(13-21(30)31)26-24(33)27-22-20(29)8-9-28(2)23(22)32/h3-10,12,19,29H,11,13H2,1-2H3,(H,30,31)(H2,26,27,33)/t19-/m0/s1. The molecule has 3 rings (SSSR count). The number of aromatic hydroxyl groups is 1. The molecule has 3 aromatic rings. The zero-order chi connectivity index (χ0) is 24.1. The molecule has 0 aliphatic heterocycles. The normalized spacial score (nSPS) is 11.6. The fraction of sp³-hybridized carbons (Fsp3) is 0.208. The number of aryl methyl sites for hydroxylation is 2. The maximum absolute atomic E-state index is 13.6. The molecule has 172 valence electrons. The van der Waals surface area contributed by atoms with E-state index in [1.165, 1.54) is 36.0 Å². The van der Waals surface area contributed by atoms with Crippen LogP contribution in [0.3, 0.4) is 0 Å². The number of hydrogen-bond acceptors (Lipinski definition) is 4. The number of aliphatic carboxylic acids is 1. The van der Waals surface area contributed by atoms with E-state index >= 15 is 0 Å². The number of nitrogens with one attached hydrogen (secondary N) is 2. The largest absolute Gasteiger partial charge is 0.505 e. The molecule has 0 fully saturated rings. The van der Waals surface area contributed by atoms with Crippen LogP contribution in [0.5, 0.6) is 5.75 Å². The third kappa shape index (κ3) is 5.97. The lowest BCUT2D eigenvalue weighted by Crippen LogP contribution is -2.36.